The zero-order chi connectivity index (χ0) is 33.7. The van der Waals surface area contributed by atoms with Gasteiger partial charge in [0.1, 0.15) is 11.5 Å². The van der Waals surface area contributed by atoms with Crippen molar-refractivity contribution in [2.75, 3.05) is 42.7 Å². The summed E-state index contributed by atoms with van der Waals surface area (Å²) < 4.78 is 37.1. The molecule has 0 spiro atoms. The first-order valence-electron chi connectivity index (χ1n) is 15.4. The monoisotopic (exact) mass is 642 g/mol. The number of aliphatic imine (C=N–C) groups is 1. The first-order chi connectivity index (χ1) is 22.7. The molecule has 2 aliphatic rings. The molecule has 6 rings (SSSR count). The number of fused-ring (bicyclic) bond motifs is 3. The van der Waals surface area contributed by atoms with Crippen molar-refractivity contribution in [1.29, 1.82) is 0 Å². The molecular weight excluding hydrogens is 600 g/mol. The summed E-state index contributed by atoms with van der Waals surface area (Å²) in [6.45, 7) is 3.78. The van der Waals surface area contributed by atoms with E-state index < -0.39 is 5.97 Å². The number of esters is 1. The van der Waals surface area contributed by atoms with E-state index in [-0.39, 0.29) is 5.70 Å². The minimum atomic E-state index is -0.487. The van der Waals surface area contributed by atoms with Crippen LogP contribution in [0.3, 0.4) is 0 Å². The Hall–Kier alpha value is -5.12. The third kappa shape index (κ3) is 7.01. The molecule has 0 saturated heterocycles. The smallest absolute Gasteiger partial charge is 0.363 e. The molecule has 0 fully saturated rings. The number of aromatic nitrogens is 1. The van der Waals surface area contributed by atoms with E-state index in [4.69, 9.17) is 33.2 Å². The number of hydrogen-bond acceptors (Lipinski definition) is 9. The highest BCUT2D eigenvalue weighted by molar-refractivity contribution is 6.06. The van der Waals surface area contributed by atoms with E-state index in [9.17, 15) is 4.79 Å². The van der Waals surface area contributed by atoms with Gasteiger partial charge in [-0.05, 0) is 74.1 Å². The molecular formula is C37H42N2O8. The number of hydrogen-bond donors (Lipinski definition) is 1. The number of ether oxygens (including phenoxy) is 7. The predicted molar refractivity (Wildman–Crippen MR) is 182 cm³/mol. The maximum absolute atomic E-state index is 11.6. The van der Waals surface area contributed by atoms with Crippen molar-refractivity contribution in [2.45, 2.75) is 45.4 Å². The fourth-order valence-electron chi connectivity index (χ4n) is 6.22. The quantitative estimate of drug-likeness (QED) is 0.151. The summed E-state index contributed by atoms with van der Waals surface area (Å²) in [4.78, 5) is 19.3. The first-order valence-corrected chi connectivity index (χ1v) is 15.4. The number of methoxy groups -OCH3 is 6. The van der Waals surface area contributed by atoms with Crippen LogP contribution >= 0.6 is 0 Å². The lowest BCUT2D eigenvalue weighted by atomic mass is 9.82. The Balaban J connectivity index is 0.000000194. The molecule has 0 amide bonds. The number of carbonyl (C=O) groups is 1. The summed E-state index contributed by atoms with van der Waals surface area (Å²) in [5.41, 5.74) is 7.46. The van der Waals surface area contributed by atoms with Gasteiger partial charge in [-0.3, -0.25) is 0 Å². The normalized spacial score (nSPS) is 16.1. The Morgan fingerprint density at radius 1 is 0.809 bits per heavy atom. The summed E-state index contributed by atoms with van der Waals surface area (Å²) >= 11 is 0. The first kappa shape index (κ1) is 33.2. The second-order valence-corrected chi connectivity index (χ2v) is 11.4. The van der Waals surface area contributed by atoms with Crippen LogP contribution in [0.5, 0.6) is 34.5 Å². The zero-order valence-corrected chi connectivity index (χ0v) is 28.2. The number of aryl methyl sites for hydroxylation is 2. The number of carbonyl (C=O) groups excluding carboxylic acids is 1. The Labute approximate surface area is 275 Å². The van der Waals surface area contributed by atoms with Crippen molar-refractivity contribution in [3.63, 3.8) is 0 Å². The van der Waals surface area contributed by atoms with Gasteiger partial charge in [0.2, 0.25) is 0 Å². The van der Waals surface area contributed by atoms with Gasteiger partial charge in [0.25, 0.3) is 0 Å². The van der Waals surface area contributed by atoms with Crippen molar-refractivity contribution in [3.05, 3.63) is 76.1 Å². The second-order valence-electron chi connectivity index (χ2n) is 11.4. The van der Waals surface area contributed by atoms with Gasteiger partial charge in [-0.2, -0.15) is 0 Å². The maximum atomic E-state index is 11.6. The number of cyclic esters (lactones) is 1. The van der Waals surface area contributed by atoms with E-state index in [0.29, 0.717) is 40.4 Å². The van der Waals surface area contributed by atoms with Crippen LogP contribution in [0.25, 0.3) is 17.0 Å². The molecule has 1 aliphatic carbocycles. The van der Waals surface area contributed by atoms with Crippen LogP contribution in [0.1, 0.15) is 53.6 Å². The van der Waals surface area contributed by atoms with Crippen LogP contribution in [0.15, 0.2) is 53.2 Å². The van der Waals surface area contributed by atoms with E-state index in [1.54, 1.807) is 46.5 Å². The van der Waals surface area contributed by atoms with Gasteiger partial charge in [0.15, 0.2) is 34.6 Å². The van der Waals surface area contributed by atoms with E-state index in [2.05, 4.69) is 41.2 Å². The second kappa shape index (κ2) is 14.5. The molecule has 0 radical (unpaired) electrons. The average Bonchev–Trinajstić information content (AvgIpc) is 3.62. The number of rotatable bonds is 9. The van der Waals surface area contributed by atoms with Crippen LogP contribution in [-0.4, -0.2) is 59.5 Å². The van der Waals surface area contributed by atoms with Crippen LogP contribution in [0.2, 0.25) is 0 Å². The topological polar surface area (TPSA) is 110 Å². The van der Waals surface area contributed by atoms with Gasteiger partial charge < -0.3 is 38.1 Å². The highest BCUT2D eigenvalue weighted by atomic mass is 16.6. The van der Waals surface area contributed by atoms with Crippen molar-refractivity contribution in [2.24, 2.45) is 4.99 Å². The molecule has 4 aromatic rings. The van der Waals surface area contributed by atoms with E-state index >= 15 is 0 Å². The third-order valence-electron chi connectivity index (χ3n) is 8.49. The SMILES string of the molecule is COc1cc(OC)c(OC)cc1/C=C1\N=C(C)OC1=O.COc1cc(OC)c(OC)cc1CC1CCCc2c1[nH]c1ccc(C)cc21. The number of benzene rings is 3. The summed E-state index contributed by atoms with van der Waals surface area (Å²) in [7, 11) is 9.64. The molecule has 1 atom stereocenters. The lowest BCUT2D eigenvalue weighted by Crippen LogP contribution is -2.12. The summed E-state index contributed by atoms with van der Waals surface area (Å²) in [5.74, 6) is 4.20. The summed E-state index contributed by atoms with van der Waals surface area (Å²) in [6, 6.07) is 14.1. The Morgan fingerprint density at radius 2 is 1.43 bits per heavy atom. The lowest BCUT2D eigenvalue weighted by Gasteiger charge is -2.24. The minimum Gasteiger partial charge on any atom is -0.496 e. The lowest BCUT2D eigenvalue weighted by molar-refractivity contribution is -0.130. The molecule has 10 heteroatoms. The molecule has 2 heterocycles. The fraction of sp³-hybridized carbons (Fsp3) is 0.351. The molecule has 1 unspecified atom stereocenters. The molecule has 47 heavy (non-hydrogen) atoms. The van der Waals surface area contributed by atoms with Gasteiger partial charge in [-0.25, -0.2) is 9.79 Å². The summed E-state index contributed by atoms with van der Waals surface area (Å²) in [6.07, 6.45) is 6.05. The number of H-pyrrole nitrogens is 1. The van der Waals surface area contributed by atoms with Crippen LogP contribution in [0, 0.1) is 6.92 Å². The molecule has 10 nitrogen and oxygen atoms in total. The van der Waals surface area contributed by atoms with Crippen LogP contribution in [-0.2, 0) is 22.4 Å². The summed E-state index contributed by atoms with van der Waals surface area (Å²) in [5, 5.41) is 1.38. The molecule has 1 aromatic heterocycles. The Kier molecular flexibility index (Phi) is 10.3. The standard InChI is InChI=1S/C23H27NO3.C14H15NO5/c1-14-8-9-19-18(10-14)17-7-5-6-15(23(17)24-19)11-16-12-21(26-3)22(27-4)13-20(16)25-2;1-8-15-10(14(16)20-8)5-9-6-12(18-3)13(19-4)7-11(9)17-2/h8-10,12-13,15,24H,5-7,11H2,1-4H3;5-7H,1-4H3/b;10-5-. The maximum Gasteiger partial charge on any atom is 0.363 e. The highest BCUT2D eigenvalue weighted by Gasteiger charge is 2.26. The minimum absolute atomic E-state index is 0.216. The van der Waals surface area contributed by atoms with Crippen LogP contribution < -0.4 is 28.4 Å². The van der Waals surface area contributed by atoms with Crippen molar-refractivity contribution >= 4 is 28.8 Å². The molecule has 248 valence electrons. The van der Waals surface area contributed by atoms with Crippen molar-refractivity contribution in [3.8, 4) is 34.5 Å². The highest BCUT2D eigenvalue weighted by Crippen LogP contribution is 2.42. The number of aromatic amines is 1. The van der Waals surface area contributed by atoms with Gasteiger partial charge in [-0.1, -0.05) is 11.6 Å². The van der Waals surface area contributed by atoms with E-state index in [1.807, 2.05) is 6.07 Å². The number of nitrogens with one attached hydrogen (secondary N) is 1. The van der Waals surface area contributed by atoms with Gasteiger partial charge in [-0.15, -0.1) is 0 Å². The largest absolute Gasteiger partial charge is 0.496 e. The molecule has 0 bridgehead atoms. The van der Waals surface area contributed by atoms with Gasteiger partial charge in [0.05, 0.1) is 42.7 Å². The van der Waals surface area contributed by atoms with Gasteiger partial charge in [0, 0.05) is 47.1 Å². The molecule has 1 N–H and O–H groups in total. The average molecular weight is 643 g/mol. The van der Waals surface area contributed by atoms with E-state index in [1.165, 1.54) is 61.9 Å². The number of nitrogens with zero attached hydrogens (tertiary/aromatic N) is 1. The molecule has 1 aliphatic heterocycles. The van der Waals surface area contributed by atoms with Crippen molar-refractivity contribution in [1.82, 2.24) is 4.98 Å². The third-order valence-corrected chi connectivity index (χ3v) is 8.49. The zero-order valence-electron chi connectivity index (χ0n) is 28.2. The Bertz CT molecular complexity index is 1840. The molecule has 3 aromatic carbocycles. The van der Waals surface area contributed by atoms with E-state index in [0.717, 1.165) is 29.9 Å². The predicted octanol–water partition coefficient (Wildman–Crippen LogP) is 7.19. The van der Waals surface area contributed by atoms with Crippen LogP contribution in [0.4, 0.5) is 0 Å². The Morgan fingerprint density at radius 3 is 2.04 bits per heavy atom. The van der Waals surface area contributed by atoms with Crippen molar-refractivity contribution < 1.29 is 38.0 Å². The molecule has 0 saturated carbocycles. The fourth-order valence-corrected chi connectivity index (χ4v) is 6.22. The van der Waals surface area contributed by atoms with Gasteiger partial charge >= 0.3 is 5.97 Å².